The summed E-state index contributed by atoms with van der Waals surface area (Å²) in [7, 11) is 1.67. The number of carboxylic acids is 1. The van der Waals surface area contributed by atoms with Crippen molar-refractivity contribution in [3.8, 4) is 0 Å². The first kappa shape index (κ1) is 13.5. The molecule has 0 saturated heterocycles. The van der Waals surface area contributed by atoms with Crippen molar-refractivity contribution in [2.45, 2.75) is 13.3 Å². The van der Waals surface area contributed by atoms with E-state index in [1.165, 1.54) is 23.1 Å². The van der Waals surface area contributed by atoms with Crippen molar-refractivity contribution >= 4 is 23.5 Å². The van der Waals surface area contributed by atoms with E-state index in [1.54, 1.807) is 7.05 Å². The van der Waals surface area contributed by atoms with Gasteiger partial charge in [0.1, 0.15) is 0 Å². The highest BCUT2D eigenvalue weighted by Gasteiger charge is 2.14. The van der Waals surface area contributed by atoms with Gasteiger partial charge in [0.2, 0.25) is 0 Å². The van der Waals surface area contributed by atoms with E-state index >= 15 is 0 Å². The quantitative estimate of drug-likeness (QED) is 0.899. The molecule has 0 radical (unpaired) electrons. The monoisotopic (exact) mass is 255 g/mol. The summed E-state index contributed by atoms with van der Waals surface area (Å²) in [6.45, 7) is 2.58. The highest BCUT2D eigenvalue weighted by atomic mass is 35.5. The van der Waals surface area contributed by atoms with Gasteiger partial charge in [0.05, 0.1) is 5.56 Å². The van der Waals surface area contributed by atoms with Crippen molar-refractivity contribution in [2.75, 3.05) is 13.6 Å². The Hall–Kier alpha value is -1.55. The van der Waals surface area contributed by atoms with Crippen LogP contribution in [0.1, 0.15) is 34.1 Å². The standard InChI is InChI=1S/C12H14ClNO3/c1-3-4-14(2)11(15)8-5-9(12(16)17)7-10(13)6-8/h5-7H,3-4H2,1-2H3,(H,16,17). The molecular formula is C12H14ClNO3. The van der Waals surface area contributed by atoms with Crippen LogP contribution in [0.25, 0.3) is 0 Å². The fourth-order valence-electron chi connectivity index (χ4n) is 1.49. The van der Waals surface area contributed by atoms with Gasteiger partial charge in [-0.25, -0.2) is 4.79 Å². The van der Waals surface area contributed by atoms with Crippen LogP contribution in [0.3, 0.4) is 0 Å². The molecular weight excluding hydrogens is 242 g/mol. The molecule has 5 heteroatoms. The van der Waals surface area contributed by atoms with Crippen LogP contribution in [0.5, 0.6) is 0 Å². The van der Waals surface area contributed by atoms with Crippen LogP contribution in [0.15, 0.2) is 18.2 Å². The summed E-state index contributed by atoms with van der Waals surface area (Å²) in [5.74, 6) is -1.32. The Morgan fingerprint density at radius 3 is 2.41 bits per heavy atom. The molecule has 17 heavy (non-hydrogen) atoms. The smallest absolute Gasteiger partial charge is 0.335 e. The molecule has 1 amide bonds. The first-order chi connectivity index (χ1) is 7.95. The second-order valence-electron chi connectivity index (χ2n) is 3.76. The molecule has 1 aromatic carbocycles. The van der Waals surface area contributed by atoms with Crippen molar-refractivity contribution in [3.63, 3.8) is 0 Å². The zero-order valence-corrected chi connectivity index (χ0v) is 10.5. The highest BCUT2D eigenvalue weighted by molar-refractivity contribution is 6.31. The summed E-state index contributed by atoms with van der Waals surface area (Å²) in [5.41, 5.74) is 0.316. The predicted molar refractivity (Wildman–Crippen MR) is 65.7 cm³/mol. The van der Waals surface area contributed by atoms with Gasteiger partial charge in [-0.3, -0.25) is 4.79 Å². The van der Waals surface area contributed by atoms with Crippen LogP contribution < -0.4 is 0 Å². The molecule has 1 N–H and O–H groups in total. The molecule has 1 rings (SSSR count). The summed E-state index contributed by atoms with van der Waals surface area (Å²) in [4.78, 5) is 24.3. The van der Waals surface area contributed by atoms with Gasteiger partial charge < -0.3 is 10.0 Å². The SMILES string of the molecule is CCCN(C)C(=O)c1cc(Cl)cc(C(=O)O)c1. The molecule has 0 heterocycles. The summed E-state index contributed by atoms with van der Waals surface area (Å²) >= 11 is 5.79. The van der Waals surface area contributed by atoms with Gasteiger partial charge in [0.15, 0.2) is 0 Å². The zero-order chi connectivity index (χ0) is 13.0. The largest absolute Gasteiger partial charge is 0.478 e. The normalized spacial score (nSPS) is 10.1. The molecule has 0 unspecified atom stereocenters. The lowest BCUT2D eigenvalue weighted by Gasteiger charge is -2.16. The molecule has 0 aliphatic heterocycles. The Kier molecular flexibility index (Phi) is 4.52. The van der Waals surface area contributed by atoms with Gasteiger partial charge in [-0.15, -0.1) is 0 Å². The molecule has 0 aliphatic carbocycles. The predicted octanol–water partition coefficient (Wildman–Crippen LogP) is 2.52. The first-order valence-electron chi connectivity index (χ1n) is 5.25. The molecule has 0 bridgehead atoms. The number of rotatable bonds is 4. The van der Waals surface area contributed by atoms with E-state index in [0.717, 1.165) is 6.42 Å². The lowest BCUT2D eigenvalue weighted by molar-refractivity contribution is 0.0697. The number of carbonyl (C=O) groups is 2. The Morgan fingerprint density at radius 2 is 1.88 bits per heavy atom. The van der Waals surface area contributed by atoms with Crippen molar-refractivity contribution in [1.82, 2.24) is 4.90 Å². The van der Waals surface area contributed by atoms with Crippen molar-refractivity contribution in [3.05, 3.63) is 34.3 Å². The minimum atomic E-state index is -1.10. The third kappa shape index (κ3) is 3.46. The third-order valence-corrected chi connectivity index (χ3v) is 2.52. The van der Waals surface area contributed by atoms with Crippen LogP contribution in [-0.4, -0.2) is 35.5 Å². The highest BCUT2D eigenvalue weighted by Crippen LogP contribution is 2.16. The number of halogens is 1. The molecule has 0 aliphatic rings. The molecule has 92 valence electrons. The van der Waals surface area contributed by atoms with E-state index < -0.39 is 5.97 Å². The number of benzene rings is 1. The Balaban J connectivity index is 3.05. The van der Waals surface area contributed by atoms with Crippen LogP contribution in [0.2, 0.25) is 5.02 Å². The fourth-order valence-corrected chi connectivity index (χ4v) is 1.73. The lowest BCUT2D eigenvalue weighted by Crippen LogP contribution is -2.27. The topological polar surface area (TPSA) is 57.6 Å². The third-order valence-electron chi connectivity index (χ3n) is 2.30. The summed E-state index contributed by atoms with van der Waals surface area (Å²) in [6, 6.07) is 4.13. The Bertz CT molecular complexity index is 445. The van der Waals surface area contributed by atoms with E-state index in [-0.39, 0.29) is 16.5 Å². The van der Waals surface area contributed by atoms with Gasteiger partial charge in [0, 0.05) is 24.2 Å². The average Bonchev–Trinajstić information content (AvgIpc) is 2.27. The van der Waals surface area contributed by atoms with E-state index in [4.69, 9.17) is 16.7 Å². The summed E-state index contributed by atoms with van der Waals surface area (Å²) in [6.07, 6.45) is 0.842. The number of amides is 1. The van der Waals surface area contributed by atoms with Gasteiger partial charge in [-0.05, 0) is 24.6 Å². The number of carboxylic acid groups (broad SMARTS) is 1. The maximum Gasteiger partial charge on any atom is 0.335 e. The van der Waals surface area contributed by atoms with E-state index in [0.29, 0.717) is 12.1 Å². The van der Waals surface area contributed by atoms with Gasteiger partial charge in [-0.2, -0.15) is 0 Å². The average molecular weight is 256 g/mol. The minimum absolute atomic E-state index is 0.0192. The van der Waals surface area contributed by atoms with Gasteiger partial charge in [-0.1, -0.05) is 18.5 Å². The van der Waals surface area contributed by atoms with Crippen molar-refractivity contribution in [2.24, 2.45) is 0 Å². The lowest BCUT2D eigenvalue weighted by atomic mass is 10.1. The first-order valence-corrected chi connectivity index (χ1v) is 5.63. The Labute approximate surface area is 105 Å². The van der Waals surface area contributed by atoms with E-state index in [2.05, 4.69) is 0 Å². The summed E-state index contributed by atoms with van der Waals surface area (Å²) in [5, 5.41) is 9.12. The molecule has 0 saturated carbocycles. The molecule has 4 nitrogen and oxygen atoms in total. The number of carbonyl (C=O) groups excluding carboxylic acids is 1. The van der Waals surface area contributed by atoms with Crippen LogP contribution in [0.4, 0.5) is 0 Å². The Morgan fingerprint density at radius 1 is 1.29 bits per heavy atom. The van der Waals surface area contributed by atoms with Crippen molar-refractivity contribution in [1.29, 1.82) is 0 Å². The van der Waals surface area contributed by atoms with E-state index in [9.17, 15) is 9.59 Å². The molecule has 0 atom stereocenters. The van der Waals surface area contributed by atoms with Crippen LogP contribution in [0, 0.1) is 0 Å². The summed E-state index contributed by atoms with van der Waals surface area (Å²) < 4.78 is 0. The number of hydrogen-bond donors (Lipinski definition) is 1. The van der Waals surface area contributed by atoms with Crippen LogP contribution >= 0.6 is 11.6 Å². The van der Waals surface area contributed by atoms with Crippen LogP contribution in [-0.2, 0) is 0 Å². The number of hydrogen-bond acceptors (Lipinski definition) is 2. The molecule has 1 aromatic rings. The van der Waals surface area contributed by atoms with Gasteiger partial charge in [0.25, 0.3) is 5.91 Å². The number of nitrogens with zero attached hydrogens (tertiary/aromatic N) is 1. The maximum atomic E-state index is 11.9. The molecule has 0 aromatic heterocycles. The minimum Gasteiger partial charge on any atom is -0.478 e. The second kappa shape index (κ2) is 5.68. The van der Waals surface area contributed by atoms with Gasteiger partial charge >= 0.3 is 5.97 Å². The van der Waals surface area contributed by atoms with E-state index in [1.807, 2.05) is 6.92 Å². The van der Waals surface area contributed by atoms with Crippen molar-refractivity contribution < 1.29 is 14.7 Å². The zero-order valence-electron chi connectivity index (χ0n) is 9.74. The molecule has 0 fully saturated rings. The second-order valence-corrected chi connectivity index (χ2v) is 4.20. The maximum absolute atomic E-state index is 11.9. The molecule has 0 spiro atoms. The number of aromatic carboxylic acids is 1. The fraction of sp³-hybridized carbons (Fsp3) is 0.333.